The van der Waals surface area contributed by atoms with Crippen LogP contribution in [0.1, 0.15) is 33.6 Å². The lowest BCUT2D eigenvalue weighted by Crippen LogP contribution is -2.49. The van der Waals surface area contributed by atoms with Crippen molar-refractivity contribution in [2.45, 2.75) is 39.2 Å². The zero-order valence-corrected chi connectivity index (χ0v) is 10.7. The zero-order valence-electron chi connectivity index (χ0n) is 10.7. The quantitative estimate of drug-likeness (QED) is 0.749. The molecule has 96 valence electrons. The first-order chi connectivity index (χ1) is 7.85. The average Bonchev–Trinajstić information content (AvgIpc) is 2.85. The molecule has 1 N–H and O–H groups in total. The summed E-state index contributed by atoms with van der Waals surface area (Å²) in [5, 5.41) is 2.75. The van der Waals surface area contributed by atoms with Gasteiger partial charge in [0.1, 0.15) is 6.61 Å². The molecule has 0 aromatic rings. The van der Waals surface area contributed by atoms with Gasteiger partial charge in [0, 0.05) is 13.1 Å². The molecule has 2 rings (SSSR count). The van der Waals surface area contributed by atoms with E-state index >= 15 is 0 Å². The SMILES string of the molecule is CC1(C(=O)OCC(C)(C)N2CCNC2=O)CC1. The van der Waals surface area contributed by atoms with Gasteiger partial charge in [0.2, 0.25) is 0 Å². The number of carbonyl (C=O) groups is 2. The van der Waals surface area contributed by atoms with Gasteiger partial charge in [0.25, 0.3) is 0 Å². The number of carbonyl (C=O) groups excluding carboxylic acids is 2. The first-order valence-corrected chi connectivity index (χ1v) is 6.08. The molecule has 0 unspecified atom stereocenters. The molecule has 0 bridgehead atoms. The summed E-state index contributed by atoms with van der Waals surface area (Å²) in [4.78, 5) is 25.0. The predicted molar refractivity (Wildman–Crippen MR) is 62.5 cm³/mol. The van der Waals surface area contributed by atoms with Crippen molar-refractivity contribution in [3.8, 4) is 0 Å². The van der Waals surface area contributed by atoms with Crippen molar-refractivity contribution in [3.05, 3.63) is 0 Å². The molecule has 0 spiro atoms. The third kappa shape index (κ3) is 2.37. The van der Waals surface area contributed by atoms with Crippen LogP contribution in [0.5, 0.6) is 0 Å². The van der Waals surface area contributed by atoms with E-state index in [-0.39, 0.29) is 24.0 Å². The molecule has 2 amide bonds. The highest BCUT2D eigenvalue weighted by atomic mass is 16.5. The molecule has 1 saturated heterocycles. The monoisotopic (exact) mass is 240 g/mol. The molecule has 1 heterocycles. The lowest BCUT2D eigenvalue weighted by Gasteiger charge is -2.34. The summed E-state index contributed by atoms with van der Waals surface area (Å²) in [5.74, 6) is -0.134. The summed E-state index contributed by atoms with van der Waals surface area (Å²) in [5.41, 5.74) is -0.704. The van der Waals surface area contributed by atoms with Crippen LogP contribution < -0.4 is 5.32 Å². The van der Waals surface area contributed by atoms with E-state index in [0.29, 0.717) is 13.1 Å². The van der Waals surface area contributed by atoms with Gasteiger partial charge < -0.3 is 15.0 Å². The molecule has 5 nitrogen and oxygen atoms in total. The number of ether oxygens (including phenoxy) is 1. The molecule has 5 heteroatoms. The molecule has 2 aliphatic rings. The van der Waals surface area contributed by atoms with Gasteiger partial charge in [-0.15, -0.1) is 0 Å². The van der Waals surface area contributed by atoms with Crippen LogP contribution in [0.15, 0.2) is 0 Å². The van der Waals surface area contributed by atoms with Crippen LogP contribution in [-0.2, 0) is 9.53 Å². The first kappa shape index (κ1) is 12.2. The summed E-state index contributed by atoms with van der Waals surface area (Å²) >= 11 is 0. The van der Waals surface area contributed by atoms with Gasteiger partial charge in [0.05, 0.1) is 11.0 Å². The molecule has 0 atom stereocenters. The maximum atomic E-state index is 11.7. The Kier molecular flexibility index (Phi) is 2.79. The number of urea groups is 1. The third-order valence-corrected chi connectivity index (χ3v) is 3.64. The maximum absolute atomic E-state index is 11.7. The smallest absolute Gasteiger partial charge is 0.318 e. The summed E-state index contributed by atoms with van der Waals surface area (Å²) in [7, 11) is 0. The highest BCUT2D eigenvalue weighted by Crippen LogP contribution is 2.46. The van der Waals surface area contributed by atoms with Gasteiger partial charge in [0.15, 0.2) is 0 Å². The Balaban J connectivity index is 1.88. The van der Waals surface area contributed by atoms with Crippen molar-refractivity contribution in [3.63, 3.8) is 0 Å². The van der Waals surface area contributed by atoms with Crippen LogP contribution >= 0.6 is 0 Å². The van der Waals surface area contributed by atoms with Crippen LogP contribution in [0, 0.1) is 5.41 Å². The van der Waals surface area contributed by atoms with Crippen molar-refractivity contribution >= 4 is 12.0 Å². The minimum Gasteiger partial charge on any atom is -0.463 e. The normalized spacial score (nSPS) is 22.3. The number of rotatable bonds is 4. The lowest BCUT2D eigenvalue weighted by molar-refractivity contribution is -0.152. The largest absolute Gasteiger partial charge is 0.463 e. The second kappa shape index (κ2) is 3.89. The first-order valence-electron chi connectivity index (χ1n) is 6.08. The van der Waals surface area contributed by atoms with Crippen LogP contribution in [0.25, 0.3) is 0 Å². The van der Waals surface area contributed by atoms with E-state index in [9.17, 15) is 9.59 Å². The van der Waals surface area contributed by atoms with Crippen molar-refractivity contribution in [2.75, 3.05) is 19.7 Å². The Labute approximate surface area is 101 Å². The van der Waals surface area contributed by atoms with Gasteiger partial charge in [-0.2, -0.15) is 0 Å². The maximum Gasteiger partial charge on any atom is 0.318 e. The van der Waals surface area contributed by atoms with Crippen LogP contribution in [0.3, 0.4) is 0 Å². The molecule has 1 aliphatic heterocycles. The fourth-order valence-corrected chi connectivity index (χ4v) is 1.94. The number of esters is 1. The zero-order chi connectivity index (χ0) is 12.7. The van der Waals surface area contributed by atoms with Crippen molar-refractivity contribution < 1.29 is 14.3 Å². The van der Waals surface area contributed by atoms with E-state index in [1.807, 2.05) is 20.8 Å². The van der Waals surface area contributed by atoms with Crippen molar-refractivity contribution in [1.29, 1.82) is 0 Å². The Hall–Kier alpha value is -1.26. The average molecular weight is 240 g/mol. The number of hydrogen-bond donors (Lipinski definition) is 1. The van der Waals surface area contributed by atoms with Gasteiger partial charge in [-0.1, -0.05) is 0 Å². The molecule has 0 aromatic carbocycles. The highest BCUT2D eigenvalue weighted by molar-refractivity contribution is 5.79. The van der Waals surface area contributed by atoms with E-state index < -0.39 is 5.54 Å². The second-order valence-electron chi connectivity index (χ2n) is 5.83. The summed E-state index contributed by atoms with van der Waals surface area (Å²) in [6.45, 7) is 7.34. The molecule has 1 aliphatic carbocycles. The van der Waals surface area contributed by atoms with Gasteiger partial charge in [-0.05, 0) is 33.6 Å². The third-order valence-electron chi connectivity index (χ3n) is 3.64. The van der Waals surface area contributed by atoms with Gasteiger partial charge in [-0.3, -0.25) is 4.79 Å². The molecule has 0 aromatic heterocycles. The van der Waals surface area contributed by atoms with Crippen LogP contribution in [0.2, 0.25) is 0 Å². The topological polar surface area (TPSA) is 58.6 Å². The summed E-state index contributed by atoms with van der Waals surface area (Å²) < 4.78 is 5.33. The Morgan fingerprint density at radius 2 is 2.18 bits per heavy atom. The molecule has 0 radical (unpaired) electrons. The van der Waals surface area contributed by atoms with Crippen molar-refractivity contribution in [1.82, 2.24) is 10.2 Å². The standard InChI is InChI=1S/C12H20N2O3/c1-11(2,14-7-6-13-10(14)16)8-17-9(15)12(3)4-5-12/h4-8H2,1-3H3,(H,13,16). The number of nitrogens with zero attached hydrogens (tertiary/aromatic N) is 1. The molecular weight excluding hydrogens is 220 g/mol. The van der Waals surface area contributed by atoms with E-state index in [1.165, 1.54) is 0 Å². The molecule has 17 heavy (non-hydrogen) atoms. The van der Waals surface area contributed by atoms with E-state index in [0.717, 1.165) is 12.8 Å². The fraction of sp³-hybridized carbons (Fsp3) is 0.833. The Morgan fingerprint density at radius 1 is 1.53 bits per heavy atom. The number of hydrogen-bond acceptors (Lipinski definition) is 3. The summed E-state index contributed by atoms with van der Waals surface area (Å²) in [6, 6.07) is -0.0799. The minimum absolute atomic E-state index is 0.0799. The van der Waals surface area contributed by atoms with Crippen molar-refractivity contribution in [2.24, 2.45) is 5.41 Å². The van der Waals surface area contributed by atoms with Gasteiger partial charge in [-0.25, -0.2) is 4.79 Å². The van der Waals surface area contributed by atoms with E-state index in [1.54, 1.807) is 4.90 Å². The van der Waals surface area contributed by atoms with E-state index in [2.05, 4.69) is 5.32 Å². The number of amides is 2. The van der Waals surface area contributed by atoms with Crippen LogP contribution in [0.4, 0.5) is 4.79 Å². The lowest BCUT2D eigenvalue weighted by atomic mass is 10.0. The molecule has 2 fully saturated rings. The van der Waals surface area contributed by atoms with E-state index in [4.69, 9.17) is 4.74 Å². The molecular formula is C12H20N2O3. The molecule has 1 saturated carbocycles. The number of nitrogens with one attached hydrogen (secondary N) is 1. The highest BCUT2D eigenvalue weighted by Gasteiger charge is 2.47. The Morgan fingerprint density at radius 3 is 2.65 bits per heavy atom. The second-order valence-corrected chi connectivity index (χ2v) is 5.83. The fourth-order valence-electron chi connectivity index (χ4n) is 1.94. The Bertz CT molecular complexity index is 348. The van der Waals surface area contributed by atoms with Crippen LogP contribution in [-0.4, -0.2) is 42.1 Å². The van der Waals surface area contributed by atoms with Gasteiger partial charge >= 0.3 is 12.0 Å². The summed E-state index contributed by atoms with van der Waals surface area (Å²) in [6.07, 6.45) is 1.83. The minimum atomic E-state index is -0.443. The predicted octanol–water partition coefficient (Wildman–Crippen LogP) is 1.13.